The first-order valence-corrected chi connectivity index (χ1v) is 7.88. The number of benzene rings is 1. The number of fused-ring (bicyclic) bond motifs is 2. The van der Waals surface area contributed by atoms with E-state index in [1.807, 2.05) is 18.6 Å². The highest BCUT2D eigenvalue weighted by Gasteiger charge is 2.39. The summed E-state index contributed by atoms with van der Waals surface area (Å²) < 4.78 is 0. The molecule has 5 rings (SSSR count). The molecular weight excluding hydrogens is 272 g/mol. The van der Waals surface area contributed by atoms with Gasteiger partial charge in [-0.25, -0.2) is 0 Å². The number of rotatable bonds is 2. The Labute approximate surface area is 129 Å². The quantitative estimate of drug-likeness (QED) is 0.762. The normalized spacial score (nSPS) is 23.5. The lowest BCUT2D eigenvalue weighted by molar-refractivity contribution is 0.297. The Kier molecular flexibility index (Phi) is 2.55. The van der Waals surface area contributed by atoms with Crippen LogP contribution in [0.25, 0.3) is 22.0 Å². The lowest BCUT2D eigenvalue weighted by Crippen LogP contribution is -2.51. The Bertz CT molecular complexity index is 826. The van der Waals surface area contributed by atoms with Crippen molar-refractivity contribution in [1.29, 1.82) is 0 Å². The van der Waals surface area contributed by atoms with Crippen LogP contribution < -0.4 is 10.2 Å². The average molecular weight is 290 g/mol. The highest BCUT2D eigenvalue weighted by atomic mass is 15.2. The molecular formula is C18H18N4. The lowest BCUT2D eigenvalue weighted by atomic mass is 9.96. The number of aromatic nitrogens is 2. The molecule has 3 aromatic rings. The highest BCUT2D eigenvalue weighted by molar-refractivity contribution is 5.85. The summed E-state index contributed by atoms with van der Waals surface area (Å²) in [7, 11) is 0. The van der Waals surface area contributed by atoms with E-state index >= 15 is 0 Å². The third-order valence-corrected chi connectivity index (χ3v) is 5.06. The summed E-state index contributed by atoms with van der Waals surface area (Å²) in [6.45, 7) is 3.42. The molecule has 110 valence electrons. The van der Waals surface area contributed by atoms with Gasteiger partial charge in [-0.2, -0.15) is 0 Å². The zero-order valence-corrected chi connectivity index (χ0v) is 12.3. The Balaban J connectivity index is 1.50. The number of aromatic amines is 1. The molecule has 1 aromatic carbocycles. The van der Waals surface area contributed by atoms with Gasteiger partial charge in [0.25, 0.3) is 0 Å². The van der Waals surface area contributed by atoms with Gasteiger partial charge in [-0.15, -0.1) is 0 Å². The summed E-state index contributed by atoms with van der Waals surface area (Å²) >= 11 is 0. The molecule has 0 bridgehead atoms. The molecule has 4 nitrogen and oxygen atoms in total. The zero-order valence-electron chi connectivity index (χ0n) is 12.3. The van der Waals surface area contributed by atoms with Crippen LogP contribution in [0.3, 0.4) is 0 Å². The van der Waals surface area contributed by atoms with Crippen LogP contribution in [0.15, 0.2) is 48.9 Å². The maximum absolute atomic E-state index is 4.47. The summed E-state index contributed by atoms with van der Waals surface area (Å²) in [5.41, 5.74) is 4.83. The number of anilines is 1. The summed E-state index contributed by atoms with van der Waals surface area (Å²) in [6.07, 6.45) is 5.93. The number of nitrogens with one attached hydrogen (secondary N) is 2. The molecule has 2 saturated heterocycles. The van der Waals surface area contributed by atoms with E-state index in [0.29, 0.717) is 6.04 Å². The minimum atomic E-state index is 0.680. The molecule has 2 atom stereocenters. The number of nitrogens with zero attached hydrogens (tertiary/aromatic N) is 2. The summed E-state index contributed by atoms with van der Waals surface area (Å²) in [4.78, 5) is 10.2. The van der Waals surface area contributed by atoms with Crippen LogP contribution in [-0.4, -0.2) is 35.6 Å². The largest absolute Gasteiger partial charge is 0.368 e. The smallest absolute Gasteiger partial charge is 0.0559 e. The molecule has 4 heteroatoms. The number of hydrogen-bond donors (Lipinski definition) is 2. The molecule has 2 N–H and O–H groups in total. The second-order valence-corrected chi connectivity index (χ2v) is 6.39. The average Bonchev–Trinajstić information content (AvgIpc) is 3.12. The maximum atomic E-state index is 4.47. The fraction of sp³-hybridized carbons (Fsp3) is 0.278. The van der Waals surface area contributed by atoms with Gasteiger partial charge in [0.15, 0.2) is 0 Å². The highest BCUT2D eigenvalue weighted by Crippen LogP contribution is 2.31. The molecule has 2 aromatic heterocycles. The van der Waals surface area contributed by atoms with Crippen molar-refractivity contribution in [2.75, 3.05) is 24.5 Å². The van der Waals surface area contributed by atoms with E-state index in [4.69, 9.17) is 0 Å². The first-order valence-electron chi connectivity index (χ1n) is 7.88. The SMILES string of the molecule is c1cc2cc(-c3cncc(N4C[C@@H]5CN[C@@H]5C4)c3)ccc2[nH]1. The third-order valence-electron chi connectivity index (χ3n) is 5.06. The van der Waals surface area contributed by atoms with E-state index in [1.54, 1.807) is 0 Å². The van der Waals surface area contributed by atoms with Crippen LogP contribution in [0.4, 0.5) is 5.69 Å². The van der Waals surface area contributed by atoms with Crippen molar-refractivity contribution >= 4 is 16.6 Å². The molecule has 0 amide bonds. The monoisotopic (exact) mass is 290 g/mol. The Morgan fingerprint density at radius 3 is 2.86 bits per heavy atom. The van der Waals surface area contributed by atoms with Crippen molar-refractivity contribution in [3.05, 3.63) is 48.9 Å². The predicted molar refractivity (Wildman–Crippen MR) is 89.0 cm³/mol. The van der Waals surface area contributed by atoms with Crippen LogP contribution in [0.5, 0.6) is 0 Å². The van der Waals surface area contributed by atoms with Gasteiger partial charge in [0, 0.05) is 55.1 Å². The predicted octanol–water partition coefficient (Wildman–Crippen LogP) is 2.64. The van der Waals surface area contributed by atoms with E-state index in [0.717, 1.165) is 19.0 Å². The van der Waals surface area contributed by atoms with Gasteiger partial charge in [0.05, 0.1) is 11.9 Å². The molecule has 0 saturated carbocycles. The van der Waals surface area contributed by atoms with Crippen molar-refractivity contribution in [3.63, 3.8) is 0 Å². The third kappa shape index (κ3) is 1.84. The van der Waals surface area contributed by atoms with Crippen LogP contribution in [0.1, 0.15) is 0 Å². The van der Waals surface area contributed by atoms with Crippen molar-refractivity contribution in [2.24, 2.45) is 5.92 Å². The van der Waals surface area contributed by atoms with Crippen molar-refractivity contribution in [1.82, 2.24) is 15.3 Å². The minimum Gasteiger partial charge on any atom is -0.368 e. The van der Waals surface area contributed by atoms with Gasteiger partial charge >= 0.3 is 0 Å². The summed E-state index contributed by atoms with van der Waals surface area (Å²) in [5.74, 6) is 0.819. The summed E-state index contributed by atoms with van der Waals surface area (Å²) in [6, 6.07) is 11.6. The Hall–Kier alpha value is -2.33. The number of pyridine rings is 1. The van der Waals surface area contributed by atoms with Crippen LogP contribution in [0.2, 0.25) is 0 Å². The van der Waals surface area contributed by atoms with Gasteiger partial charge in [-0.3, -0.25) is 4.98 Å². The molecule has 4 heterocycles. The standard InChI is InChI=1S/C18H18N4/c1-2-17-13(3-4-20-17)5-12(1)14-6-16(9-19-7-14)22-10-15-8-21-18(15)11-22/h1-7,9,15,18,20-21H,8,10-11H2/t15-,18+/m0/s1. The number of H-pyrrole nitrogens is 1. The molecule has 0 unspecified atom stereocenters. The van der Waals surface area contributed by atoms with Gasteiger partial charge < -0.3 is 15.2 Å². The van der Waals surface area contributed by atoms with Crippen molar-refractivity contribution < 1.29 is 0 Å². The lowest BCUT2D eigenvalue weighted by Gasteiger charge is -2.29. The molecule has 0 spiro atoms. The minimum absolute atomic E-state index is 0.680. The van der Waals surface area contributed by atoms with Crippen LogP contribution in [-0.2, 0) is 0 Å². The maximum Gasteiger partial charge on any atom is 0.0559 e. The van der Waals surface area contributed by atoms with E-state index in [2.05, 4.69) is 50.5 Å². The van der Waals surface area contributed by atoms with Gasteiger partial charge in [-0.1, -0.05) is 6.07 Å². The molecule has 0 radical (unpaired) electrons. The molecule has 2 aliphatic rings. The van der Waals surface area contributed by atoms with Gasteiger partial charge in [0.2, 0.25) is 0 Å². The molecule has 22 heavy (non-hydrogen) atoms. The summed E-state index contributed by atoms with van der Waals surface area (Å²) in [5, 5.41) is 4.75. The first kappa shape index (κ1) is 12.2. The van der Waals surface area contributed by atoms with Crippen molar-refractivity contribution in [2.45, 2.75) is 6.04 Å². The zero-order chi connectivity index (χ0) is 14.5. The van der Waals surface area contributed by atoms with Crippen LogP contribution >= 0.6 is 0 Å². The first-order chi connectivity index (χ1) is 10.9. The molecule has 2 aliphatic heterocycles. The van der Waals surface area contributed by atoms with E-state index < -0.39 is 0 Å². The Morgan fingerprint density at radius 2 is 2.05 bits per heavy atom. The second kappa shape index (κ2) is 4.58. The second-order valence-electron chi connectivity index (χ2n) is 6.39. The number of hydrogen-bond acceptors (Lipinski definition) is 3. The fourth-order valence-electron chi connectivity index (χ4n) is 3.65. The van der Waals surface area contributed by atoms with E-state index in [9.17, 15) is 0 Å². The van der Waals surface area contributed by atoms with Gasteiger partial charge in [-0.05, 0) is 35.2 Å². The van der Waals surface area contributed by atoms with Crippen molar-refractivity contribution in [3.8, 4) is 11.1 Å². The van der Waals surface area contributed by atoms with Gasteiger partial charge in [0.1, 0.15) is 0 Å². The molecule has 0 aliphatic carbocycles. The molecule has 2 fully saturated rings. The fourth-order valence-corrected chi connectivity index (χ4v) is 3.65. The van der Waals surface area contributed by atoms with Crippen LogP contribution in [0, 0.1) is 5.92 Å². The topological polar surface area (TPSA) is 44.0 Å². The van der Waals surface area contributed by atoms with E-state index in [-0.39, 0.29) is 0 Å². The Morgan fingerprint density at radius 1 is 1.05 bits per heavy atom. The van der Waals surface area contributed by atoms with E-state index in [1.165, 1.54) is 34.3 Å².